The average Bonchev–Trinajstić information content (AvgIpc) is 2.99. The summed E-state index contributed by atoms with van der Waals surface area (Å²) in [5, 5.41) is 9.38. The Labute approximate surface area is 149 Å². The maximum Gasteiger partial charge on any atom is 0.314 e. The van der Waals surface area contributed by atoms with Crippen LogP contribution in [-0.2, 0) is 12.8 Å². The fourth-order valence-electron chi connectivity index (χ4n) is 2.85. The third-order valence-corrected chi connectivity index (χ3v) is 5.26. The molecule has 132 valence electrons. The summed E-state index contributed by atoms with van der Waals surface area (Å²) in [6, 6.07) is 6.81. The molecule has 0 spiro atoms. The van der Waals surface area contributed by atoms with Crippen molar-refractivity contribution in [1.29, 1.82) is 0 Å². The first-order valence-corrected chi connectivity index (χ1v) is 10.1. The van der Waals surface area contributed by atoms with Gasteiger partial charge in [0.1, 0.15) is 0 Å². The van der Waals surface area contributed by atoms with Gasteiger partial charge in [0, 0.05) is 17.8 Å². The molecule has 0 bridgehead atoms. The van der Waals surface area contributed by atoms with Crippen molar-refractivity contribution < 1.29 is 4.79 Å². The number of nitrogens with one attached hydrogen (secondary N) is 2. The molecule has 1 heterocycles. The number of hydrogen-bond acceptors (Lipinski definition) is 2. The number of rotatable bonds is 10. The standard InChI is InChI=1S/C20H30N2OS/c1-3-5-6-7-8-16-9-10-19-18(14-16)17(15-24-19)11-13-22-20(23)21-12-4-2/h9-10,14-15H,3-8,11-13H2,1-2H3,(H2,21,22,23). The van der Waals surface area contributed by atoms with E-state index in [1.807, 2.05) is 0 Å². The SMILES string of the molecule is CCCCCCc1ccc2scc(CCNC(=O)NCCC)c2c1. The molecule has 2 N–H and O–H groups in total. The minimum absolute atomic E-state index is 0.0620. The lowest BCUT2D eigenvalue weighted by Crippen LogP contribution is -2.36. The maximum absolute atomic E-state index is 11.6. The normalized spacial score (nSPS) is 10.9. The summed E-state index contributed by atoms with van der Waals surface area (Å²) >= 11 is 1.80. The van der Waals surface area contributed by atoms with E-state index in [0.29, 0.717) is 6.54 Å². The van der Waals surface area contributed by atoms with Gasteiger partial charge in [-0.25, -0.2) is 4.79 Å². The summed E-state index contributed by atoms with van der Waals surface area (Å²) in [4.78, 5) is 11.6. The van der Waals surface area contributed by atoms with Crippen LogP contribution in [0.5, 0.6) is 0 Å². The fraction of sp³-hybridized carbons (Fsp3) is 0.550. The molecular formula is C20H30N2OS. The molecule has 0 fully saturated rings. The molecule has 24 heavy (non-hydrogen) atoms. The zero-order chi connectivity index (χ0) is 17.2. The van der Waals surface area contributed by atoms with Gasteiger partial charge in [-0.2, -0.15) is 0 Å². The molecule has 1 aromatic carbocycles. The number of benzene rings is 1. The van der Waals surface area contributed by atoms with E-state index in [2.05, 4.69) is 48.1 Å². The molecule has 2 aromatic rings. The Morgan fingerprint density at radius 3 is 2.62 bits per heavy atom. The van der Waals surface area contributed by atoms with Gasteiger partial charge in [0.05, 0.1) is 0 Å². The van der Waals surface area contributed by atoms with Gasteiger partial charge in [-0.15, -0.1) is 11.3 Å². The van der Waals surface area contributed by atoms with Crippen LogP contribution in [-0.4, -0.2) is 19.1 Å². The summed E-state index contributed by atoms with van der Waals surface area (Å²) in [5.74, 6) is 0. The minimum Gasteiger partial charge on any atom is -0.338 e. The van der Waals surface area contributed by atoms with E-state index >= 15 is 0 Å². The Morgan fingerprint density at radius 2 is 1.83 bits per heavy atom. The number of amides is 2. The Hall–Kier alpha value is -1.55. The van der Waals surface area contributed by atoms with Crippen LogP contribution in [0.25, 0.3) is 10.1 Å². The van der Waals surface area contributed by atoms with Crippen molar-refractivity contribution in [2.75, 3.05) is 13.1 Å². The third-order valence-electron chi connectivity index (χ3n) is 4.25. The molecule has 0 aliphatic heterocycles. The molecule has 0 atom stereocenters. The molecular weight excluding hydrogens is 316 g/mol. The largest absolute Gasteiger partial charge is 0.338 e. The Kier molecular flexibility index (Phi) is 8.10. The van der Waals surface area contributed by atoms with Crippen LogP contribution in [0, 0.1) is 0 Å². The molecule has 1 aromatic heterocycles. The average molecular weight is 347 g/mol. The molecule has 2 amide bonds. The van der Waals surface area contributed by atoms with E-state index in [1.54, 1.807) is 11.3 Å². The summed E-state index contributed by atoms with van der Waals surface area (Å²) in [6.45, 7) is 5.72. The van der Waals surface area contributed by atoms with Crippen molar-refractivity contribution in [2.45, 2.75) is 58.8 Å². The third kappa shape index (κ3) is 5.82. The summed E-state index contributed by atoms with van der Waals surface area (Å²) in [5.41, 5.74) is 2.79. The van der Waals surface area contributed by atoms with Crippen LogP contribution >= 0.6 is 11.3 Å². The highest BCUT2D eigenvalue weighted by Gasteiger charge is 2.06. The van der Waals surface area contributed by atoms with E-state index in [4.69, 9.17) is 0 Å². The second-order valence-corrected chi connectivity index (χ2v) is 7.25. The van der Waals surface area contributed by atoms with Crippen LogP contribution in [0.1, 0.15) is 57.1 Å². The predicted molar refractivity (Wildman–Crippen MR) is 105 cm³/mol. The van der Waals surface area contributed by atoms with Gasteiger partial charge in [0.15, 0.2) is 0 Å². The van der Waals surface area contributed by atoms with Gasteiger partial charge in [-0.1, -0.05) is 45.2 Å². The second kappa shape index (κ2) is 10.3. The first-order valence-electron chi connectivity index (χ1n) is 9.25. The zero-order valence-electron chi connectivity index (χ0n) is 15.0. The van der Waals surface area contributed by atoms with Gasteiger partial charge < -0.3 is 10.6 Å². The van der Waals surface area contributed by atoms with E-state index in [-0.39, 0.29) is 6.03 Å². The van der Waals surface area contributed by atoms with Crippen molar-refractivity contribution in [1.82, 2.24) is 10.6 Å². The highest BCUT2D eigenvalue weighted by Crippen LogP contribution is 2.28. The first-order chi connectivity index (χ1) is 11.7. The molecule has 0 unspecified atom stereocenters. The number of carbonyl (C=O) groups excluding carboxylic acids is 1. The predicted octanol–water partition coefficient (Wildman–Crippen LogP) is 5.28. The Balaban J connectivity index is 1.89. The maximum atomic E-state index is 11.6. The number of aryl methyl sites for hydroxylation is 1. The minimum atomic E-state index is -0.0620. The Bertz CT molecular complexity index is 636. The molecule has 3 nitrogen and oxygen atoms in total. The summed E-state index contributed by atoms with van der Waals surface area (Å²) in [6.07, 6.45) is 8.23. The number of thiophene rings is 1. The summed E-state index contributed by atoms with van der Waals surface area (Å²) < 4.78 is 1.35. The van der Waals surface area contributed by atoms with E-state index in [9.17, 15) is 4.79 Å². The molecule has 0 saturated carbocycles. The van der Waals surface area contributed by atoms with Crippen LogP contribution in [0.3, 0.4) is 0 Å². The van der Waals surface area contributed by atoms with Crippen LogP contribution in [0.15, 0.2) is 23.6 Å². The van der Waals surface area contributed by atoms with Gasteiger partial charge in [-0.05, 0) is 53.6 Å². The van der Waals surface area contributed by atoms with Gasteiger partial charge >= 0.3 is 6.03 Å². The highest BCUT2D eigenvalue weighted by atomic mass is 32.1. The molecule has 2 rings (SSSR count). The molecule has 4 heteroatoms. The number of urea groups is 1. The van der Waals surface area contributed by atoms with Crippen molar-refractivity contribution in [3.05, 3.63) is 34.7 Å². The highest BCUT2D eigenvalue weighted by molar-refractivity contribution is 7.17. The monoisotopic (exact) mass is 346 g/mol. The van der Waals surface area contributed by atoms with E-state index in [1.165, 1.54) is 53.3 Å². The lowest BCUT2D eigenvalue weighted by Gasteiger charge is -2.07. The second-order valence-electron chi connectivity index (χ2n) is 6.33. The molecule has 0 aliphatic carbocycles. The quantitative estimate of drug-likeness (QED) is 0.565. The van der Waals surface area contributed by atoms with Crippen molar-refractivity contribution in [2.24, 2.45) is 0 Å². The van der Waals surface area contributed by atoms with Crippen molar-refractivity contribution >= 4 is 27.5 Å². The molecule has 0 radical (unpaired) electrons. The summed E-state index contributed by atoms with van der Waals surface area (Å²) in [7, 11) is 0. The van der Waals surface area contributed by atoms with E-state index in [0.717, 1.165) is 19.4 Å². The fourth-order valence-corrected chi connectivity index (χ4v) is 3.82. The van der Waals surface area contributed by atoms with E-state index < -0.39 is 0 Å². The zero-order valence-corrected chi connectivity index (χ0v) is 15.8. The number of unbranched alkanes of at least 4 members (excludes halogenated alkanes) is 3. The first kappa shape index (κ1) is 18.8. The molecule has 0 aliphatic rings. The van der Waals surface area contributed by atoms with Crippen LogP contribution < -0.4 is 10.6 Å². The lowest BCUT2D eigenvalue weighted by molar-refractivity contribution is 0.241. The van der Waals surface area contributed by atoms with Gasteiger partial charge in [-0.3, -0.25) is 0 Å². The number of fused-ring (bicyclic) bond motifs is 1. The number of carbonyl (C=O) groups is 1. The lowest BCUT2D eigenvalue weighted by atomic mass is 10.0. The number of hydrogen-bond donors (Lipinski definition) is 2. The molecule has 0 saturated heterocycles. The Morgan fingerprint density at radius 1 is 1.00 bits per heavy atom. The van der Waals surface area contributed by atoms with Crippen molar-refractivity contribution in [3.63, 3.8) is 0 Å². The van der Waals surface area contributed by atoms with Gasteiger partial charge in [0.25, 0.3) is 0 Å². The van der Waals surface area contributed by atoms with Gasteiger partial charge in [0.2, 0.25) is 0 Å². The van der Waals surface area contributed by atoms with Crippen LogP contribution in [0.2, 0.25) is 0 Å². The van der Waals surface area contributed by atoms with Crippen LogP contribution in [0.4, 0.5) is 4.79 Å². The smallest absolute Gasteiger partial charge is 0.314 e. The topological polar surface area (TPSA) is 41.1 Å². The van der Waals surface area contributed by atoms with Crippen molar-refractivity contribution in [3.8, 4) is 0 Å².